The van der Waals surface area contributed by atoms with Crippen molar-refractivity contribution in [1.82, 2.24) is 10.2 Å². The van der Waals surface area contributed by atoms with E-state index in [9.17, 15) is 4.79 Å². The number of carbonyl (C=O) groups excluding carboxylic acids is 1. The SMILES string of the molecule is CC.COc1ccc(C)c(C)c1.COc1ccc2c(c1)[C@@H](NC(=O)[C@H](N)Cc1ccccc1)CC1(CCN(CCc3ccc(C#N)cc3)CC1)O2. The quantitative estimate of drug-likeness (QED) is 0.187. The summed E-state index contributed by atoms with van der Waals surface area (Å²) in [7, 11) is 3.33. The fourth-order valence-electron chi connectivity index (χ4n) is 6.51. The molecule has 51 heavy (non-hydrogen) atoms. The van der Waals surface area contributed by atoms with Crippen LogP contribution in [0.4, 0.5) is 0 Å². The number of piperidine rings is 1. The lowest BCUT2D eigenvalue weighted by atomic mass is 9.80. The molecule has 1 fully saturated rings. The molecule has 0 aliphatic carbocycles. The molecule has 1 saturated heterocycles. The van der Waals surface area contributed by atoms with Crippen LogP contribution in [-0.2, 0) is 17.6 Å². The number of hydrogen-bond donors (Lipinski definition) is 2. The van der Waals surface area contributed by atoms with E-state index in [0.717, 1.165) is 67.3 Å². The minimum absolute atomic E-state index is 0.158. The first kappa shape index (κ1) is 39.0. The van der Waals surface area contributed by atoms with E-state index in [0.29, 0.717) is 18.4 Å². The zero-order chi connectivity index (χ0) is 36.8. The lowest BCUT2D eigenvalue weighted by molar-refractivity contribution is -0.124. The number of fused-ring (bicyclic) bond motifs is 1. The summed E-state index contributed by atoms with van der Waals surface area (Å²) >= 11 is 0. The largest absolute Gasteiger partial charge is 0.497 e. The summed E-state index contributed by atoms with van der Waals surface area (Å²) in [4.78, 5) is 15.7. The van der Waals surface area contributed by atoms with Crippen molar-refractivity contribution >= 4 is 5.91 Å². The van der Waals surface area contributed by atoms with Crippen molar-refractivity contribution in [3.8, 4) is 23.3 Å². The highest BCUT2D eigenvalue weighted by Crippen LogP contribution is 2.45. The summed E-state index contributed by atoms with van der Waals surface area (Å²) in [5, 5.41) is 12.3. The van der Waals surface area contributed by atoms with Crippen LogP contribution in [0.1, 0.15) is 72.5 Å². The molecule has 2 atom stereocenters. The van der Waals surface area contributed by atoms with Gasteiger partial charge in [-0.15, -0.1) is 0 Å². The number of nitrogens with zero attached hydrogens (tertiary/aromatic N) is 2. The molecule has 6 rings (SSSR count). The molecule has 2 aliphatic rings. The van der Waals surface area contributed by atoms with Crippen molar-refractivity contribution in [3.05, 3.63) is 124 Å². The number of hydrogen-bond acceptors (Lipinski definition) is 7. The van der Waals surface area contributed by atoms with Crippen LogP contribution in [-0.4, -0.2) is 56.3 Å². The number of benzene rings is 4. The Morgan fingerprint density at radius 3 is 2.20 bits per heavy atom. The molecular formula is C43H54N4O4. The second-order valence-electron chi connectivity index (χ2n) is 13.1. The number of nitrogens with one attached hydrogen (secondary N) is 1. The van der Waals surface area contributed by atoms with Crippen LogP contribution in [0.25, 0.3) is 0 Å². The lowest BCUT2D eigenvalue weighted by Gasteiger charge is -2.47. The number of ether oxygens (including phenoxy) is 3. The molecule has 2 aliphatic heterocycles. The van der Waals surface area contributed by atoms with E-state index in [1.165, 1.54) is 16.7 Å². The van der Waals surface area contributed by atoms with Crippen molar-refractivity contribution in [2.45, 2.75) is 77.5 Å². The van der Waals surface area contributed by atoms with Gasteiger partial charge in [0, 0.05) is 31.6 Å². The molecule has 4 aromatic rings. The molecule has 4 aromatic carbocycles. The Kier molecular flexibility index (Phi) is 14.5. The average molecular weight is 691 g/mol. The highest BCUT2D eigenvalue weighted by molar-refractivity contribution is 5.82. The Balaban J connectivity index is 0.000000416. The Morgan fingerprint density at radius 2 is 1.57 bits per heavy atom. The highest BCUT2D eigenvalue weighted by Gasteiger charge is 2.44. The first-order valence-electron chi connectivity index (χ1n) is 18.0. The Bertz CT molecular complexity index is 1730. The van der Waals surface area contributed by atoms with Crippen molar-refractivity contribution in [3.63, 3.8) is 0 Å². The predicted octanol–water partition coefficient (Wildman–Crippen LogP) is 7.49. The molecule has 0 aromatic heterocycles. The summed E-state index contributed by atoms with van der Waals surface area (Å²) in [5.74, 6) is 2.31. The number of rotatable bonds is 9. The van der Waals surface area contributed by atoms with Gasteiger partial charge in [0.25, 0.3) is 0 Å². The molecule has 1 spiro atoms. The maximum atomic E-state index is 13.2. The van der Waals surface area contributed by atoms with Crippen LogP contribution in [0, 0.1) is 25.2 Å². The fraction of sp³-hybridized carbons (Fsp3) is 0.395. The minimum atomic E-state index is -0.635. The van der Waals surface area contributed by atoms with Crippen LogP contribution in [0.3, 0.4) is 0 Å². The smallest absolute Gasteiger partial charge is 0.237 e. The number of nitriles is 1. The van der Waals surface area contributed by atoms with Crippen molar-refractivity contribution in [1.29, 1.82) is 5.26 Å². The maximum absolute atomic E-state index is 13.2. The molecule has 8 nitrogen and oxygen atoms in total. The van der Waals surface area contributed by atoms with Gasteiger partial charge in [0.1, 0.15) is 22.8 Å². The van der Waals surface area contributed by atoms with Gasteiger partial charge in [-0.05, 0) is 104 Å². The van der Waals surface area contributed by atoms with E-state index >= 15 is 0 Å². The zero-order valence-corrected chi connectivity index (χ0v) is 31.1. The molecule has 0 unspecified atom stereocenters. The molecule has 270 valence electrons. The van der Waals surface area contributed by atoms with E-state index in [4.69, 9.17) is 25.2 Å². The van der Waals surface area contributed by atoms with E-state index in [1.54, 1.807) is 14.2 Å². The fourth-order valence-corrected chi connectivity index (χ4v) is 6.51. The third-order valence-electron chi connectivity index (χ3n) is 9.73. The molecule has 2 heterocycles. The van der Waals surface area contributed by atoms with E-state index < -0.39 is 6.04 Å². The number of nitrogens with two attached hydrogens (primary N) is 1. The first-order valence-corrected chi connectivity index (χ1v) is 18.0. The van der Waals surface area contributed by atoms with Gasteiger partial charge in [0.15, 0.2) is 0 Å². The van der Waals surface area contributed by atoms with Gasteiger partial charge >= 0.3 is 0 Å². The zero-order valence-electron chi connectivity index (χ0n) is 31.1. The topological polar surface area (TPSA) is 110 Å². The Morgan fingerprint density at radius 1 is 0.922 bits per heavy atom. The maximum Gasteiger partial charge on any atom is 0.237 e. The average Bonchev–Trinajstić information content (AvgIpc) is 3.17. The normalized spacial score (nSPS) is 16.4. The standard InChI is InChI=1S/C32H36N4O3.C9H12O.C2H6/c1-38-26-11-12-30-27(20-26)29(35-31(37)28(34)19-24-5-3-2-4-6-24)21-32(39-30)14-17-36(18-15-32)16-13-23-7-9-25(22-33)10-8-23;1-7-4-5-9(10-3)6-8(7)2;1-2/h2-12,20,28-29H,13-19,21,34H2,1H3,(H,35,37);4-6H,1-3H3;1-2H3/t28-,29+;;/m1../s1. The molecule has 0 bridgehead atoms. The number of likely N-dealkylation sites (tertiary alicyclic amines) is 1. The lowest BCUT2D eigenvalue weighted by Crippen LogP contribution is -2.53. The van der Waals surface area contributed by atoms with Gasteiger partial charge in [0.2, 0.25) is 5.91 Å². The van der Waals surface area contributed by atoms with E-state index in [1.807, 2.05) is 98.8 Å². The molecular weight excluding hydrogens is 636 g/mol. The summed E-state index contributed by atoms with van der Waals surface area (Å²) < 4.78 is 17.2. The number of methoxy groups -OCH3 is 2. The third-order valence-corrected chi connectivity index (χ3v) is 9.73. The first-order chi connectivity index (χ1) is 24.7. The number of amides is 1. The van der Waals surface area contributed by atoms with Gasteiger partial charge in [-0.25, -0.2) is 0 Å². The van der Waals surface area contributed by atoms with Crippen molar-refractivity contribution in [2.75, 3.05) is 33.9 Å². The second-order valence-corrected chi connectivity index (χ2v) is 13.1. The minimum Gasteiger partial charge on any atom is -0.497 e. The predicted molar refractivity (Wildman–Crippen MR) is 204 cm³/mol. The van der Waals surface area contributed by atoms with Crippen LogP contribution >= 0.6 is 0 Å². The number of carbonyl (C=O) groups is 1. The van der Waals surface area contributed by atoms with Crippen molar-refractivity contribution < 1.29 is 19.0 Å². The highest BCUT2D eigenvalue weighted by atomic mass is 16.5. The molecule has 8 heteroatoms. The molecule has 0 saturated carbocycles. The Hall–Kier alpha value is -4.84. The van der Waals surface area contributed by atoms with E-state index in [2.05, 4.69) is 36.2 Å². The summed E-state index contributed by atoms with van der Waals surface area (Å²) in [5.41, 5.74) is 12.5. The second kappa shape index (κ2) is 19.0. The van der Waals surface area contributed by atoms with E-state index in [-0.39, 0.29) is 17.6 Å². The van der Waals surface area contributed by atoms with Crippen LogP contribution in [0.2, 0.25) is 0 Å². The summed E-state index contributed by atoms with van der Waals surface area (Å²) in [6.45, 7) is 11.0. The van der Waals surface area contributed by atoms with Gasteiger partial charge in [-0.2, -0.15) is 5.26 Å². The molecule has 3 N–H and O–H groups in total. The van der Waals surface area contributed by atoms with Crippen LogP contribution < -0.4 is 25.3 Å². The van der Waals surface area contributed by atoms with Gasteiger partial charge in [0.05, 0.1) is 37.9 Å². The van der Waals surface area contributed by atoms with Gasteiger partial charge in [-0.1, -0.05) is 62.4 Å². The summed E-state index contributed by atoms with van der Waals surface area (Å²) in [6, 6.07) is 30.9. The van der Waals surface area contributed by atoms with Crippen molar-refractivity contribution in [2.24, 2.45) is 5.73 Å². The van der Waals surface area contributed by atoms with Crippen LogP contribution in [0.5, 0.6) is 17.2 Å². The van der Waals surface area contributed by atoms with Gasteiger partial charge in [-0.3, -0.25) is 4.79 Å². The van der Waals surface area contributed by atoms with Crippen LogP contribution in [0.15, 0.2) is 91.0 Å². The number of aryl methyl sites for hydroxylation is 2. The Labute approximate surface area is 304 Å². The summed E-state index contributed by atoms with van der Waals surface area (Å²) in [6.07, 6.45) is 3.89. The van der Waals surface area contributed by atoms with Gasteiger partial charge < -0.3 is 30.2 Å². The molecule has 0 radical (unpaired) electrons. The monoisotopic (exact) mass is 690 g/mol. The third kappa shape index (κ3) is 10.8. The molecule has 1 amide bonds.